The summed E-state index contributed by atoms with van der Waals surface area (Å²) < 4.78 is 0. The first-order valence-corrected chi connectivity index (χ1v) is 8.96. The van der Waals surface area contributed by atoms with E-state index in [9.17, 15) is 15.0 Å². The molecule has 3 nitrogen and oxygen atoms in total. The summed E-state index contributed by atoms with van der Waals surface area (Å²) in [6.45, 7) is 4.55. The lowest BCUT2D eigenvalue weighted by Crippen LogP contribution is -2.53. The number of rotatable bonds is 0. The maximum absolute atomic E-state index is 11.8. The Labute approximate surface area is 132 Å². The third kappa shape index (κ3) is 1.81. The average molecular weight is 304 g/mol. The highest BCUT2D eigenvalue weighted by Gasteiger charge is 2.60. The summed E-state index contributed by atoms with van der Waals surface area (Å²) in [5.74, 6) is 2.40. The molecule has 0 bridgehead atoms. The van der Waals surface area contributed by atoms with Gasteiger partial charge >= 0.3 is 0 Å². The van der Waals surface area contributed by atoms with Crippen molar-refractivity contribution in [3.8, 4) is 0 Å². The molecule has 0 spiro atoms. The fraction of sp³-hybridized carbons (Fsp3) is 0.842. The quantitative estimate of drug-likeness (QED) is 0.718. The van der Waals surface area contributed by atoms with Crippen molar-refractivity contribution in [3.63, 3.8) is 0 Å². The molecule has 0 heterocycles. The van der Waals surface area contributed by atoms with Crippen LogP contribution >= 0.6 is 0 Å². The van der Waals surface area contributed by atoms with Gasteiger partial charge in [0.2, 0.25) is 0 Å². The van der Waals surface area contributed by atoms with Gasteiger partial charge in [-0.05, 0) is 67.6 Å². The largest absolute Gasteiger partial charge is 0.512 e. The Hall–Kier alpha value is -0.830. The number of fused-ring (bicyclic) bond motifs is 5. The zero-order valence-corrected chi connectivity index (χ0v) is 13.7. The van der Waals surface area contributed by atoms with Crippen LogP contribution in [0.1, 0.15) is 58.8 Å². The van der Waals surface area contributed by atoms with Crippen molar-refractivity contribution in [2.75, 3.05) is 0 Å². The summed E-state index contributed by atoms with van der Waals surface area (Å²) in [5.41, 5.74) is 0.0687. The normalized spacial score (nSPS) is 54.2. The smallest absolute Gasteiger partial charge is 0.159 e. The highest BCUT2D eigenvalue weighted by atomic mass is 16.3. The number of carbonyl (C=O) groups excluding carboxylic acids is 1. The summed E-state index contributed by atoms with van der Waals surface area (Å²) in [6, 6.07) is 0. The van der Waals surface area contributed by atoms with Gasteiger partial charge in [0.05, 0.1) is 6.10 Å². The molecule has 2 N–H and O–H groups in total. The number of aliphatic hydroxyl groups excluding tert-OH is 2. The lowest BCUT2D eigenvalue weighted by atomic mass is 9.46. The van der Waals surface area contributed by atoms with Gasteiger partial charge in [-0.15, -0.1) is 0 Å². The van der Waals surface area contributed by atoms with Crippen LogP contribution < -0.4 is 0 Å². The Bertz CT molecular complexity index is 539. The van der Waals surface area contributed by atoms with Crippen LogP contribution in [0.4, 0.5) is 0 Å². The predicted molar refractivity (Wildman–Crippen MR) is 84.2 cm³/mol. The van der Waals surface area contributed by atoms with Gasteiger partial charge in [-0.3, -0.25) is 4.79 Å². The van der Waals surface area contributed by atoms with E-state index in [0.29, 0.717) is 35.9 Å². The average Bonchev–Trinajstić information content (AvgIpc) is 2.75. The number of carbonyl (C=O) groups is 1. The minimum absolute atomic E-state index is 0.0929. The second-order valence-corrected chi connectivity index (χ2v) is 8.92. The van der Waals surface area contributed by atoms with Gasteiger partial charge in [0.15, 0.2) is 5.78 Å². The van der Waals surface area contributed by atoms with E-state index in [1.165, 1.54) is 12.5 Å². The molecule has 0 aromatic heterocycles. The molecule has 122 valence electrons. The lowest BCUT2D eigenvalue weighted by molar-refractivity contribution is -0.126. The number of aliphatic hydroxyl groups is 2. The van der Waals surface area contributed by atoms with Crippen molar-refractivity contribution in [1.82, 2.24) is 0 Å². The summed E-state index contributed by atoms with van der Waals surface area (Å²) in [5, 5.41) is 20.8. The molecule has 0 amide bonds. The third-order valence-corrected chi connectivity index (χ3v) is 7.95. The molecule has 7 unspecified atom stereocenters. The summed E-state index contributed by atoms with van der Waals surface area (Å²) in [6.07, 6.45) is 8.33. The molecule has 3 fully saturated rings. The van der Waals surface area contributed by atoms with Gasteiger partial charge < -0.3 is 10.2 Å². The van der Waals surface area contributed by atoms with Gasteiger partial charge in [0.1, 0.15) is 5.76 Å². The van der Waals surface area contributed by atoms with Gasteiger partial charge in [-0.25, -0.2) is 0 Å². The number of hydrogen-bond donors (Lipinski definition) is 2. The van der Waals surface area contributed by atoms with Crippen molar-refractivity contribution < 1.29 is 15.0 Å². The van der Waals surface area contributed by atoms with Crippen LogP contribution in [0, 0.1) is 34.5 Å². The molecule has 22 heavy (non-hydrogen) atoms. The Kier molecular flexibility index (Phi) is 3.08. The van der Waals surface area contributed by atoms with Crippen LogP contribution in [-0.2, 0) is 4.79 Å². The fourth-order valence-electron chi connectivity index (χ4n) is 6.78. The Morgan fingerprint density at radius 2 is 1.95 bits per heavy atom. The van der Waals surface area contributed by atoms with Crippen LogP contribution in [0.25, 0.3) is 0 Å². The molecule has 4 rings (SSSR count). The second-order valence-electron chi connectivity index (χ2n) is 8.92. The van der Waals surface area contributed by atoms with Gasteiger partial charge in [-0.2, -0.15) is 0 Å². The first kappa shape index (κ1) is 14.7. The van der Waals surface area contributed by atoms with Gasteiger partial charge in [0, 0.05) is 17.9 Å². The molecule has 0 aliphatic heterocycles. The van der Waals surface area contributed by atoms with E-state index in [1.807, 2.05) is 0 Å². The highest BCUT2D eigenvalue weighted by molar-refractivity contribution is 5.91. The van der Waals surface area contributed by atoms with Crippen molar-refractivity contribution in [1.29, 1.82) is 0 Å². The maximum Gasteiger partial charge on any atom is 0.159 e. The van der Waals surface area contributed by atoms with Crippen LogP contribution in [0.2, 0.25) is 0 Å². The monoisotopic (exact) mass is 304 g/mol. The second kappa shape index (κ2) is 4.59. The zero-order chi connectivity index (χ0) is 15.7. The Morgan fingerprint density at radius 3 is 2.73 bits per heavy atom. The first-order chi connectivity index (χ1) is 10.3. The molecule has 3 heteroatoms. The standard InChI is InChI=1S/C19H28O3/c1-18-6-5-15-14(16(18)8-13(21)10-18)4-3-11-7-12(20)9-17(22)19(11,15)2/h9,11,13-16,21-22H,3-8,10H2,1-2H3. The highest BCUT2D eigenvalue weighted by Crippen LogP contribution is 2.66. The maximum atomic E-state index is 11.8. The van der Waals surface area contributed by atoms with E-state index in [0.717, 1.165) is 32.1 Å². The molecule has 0 aromatic rings. The lowest BCUT2D eigenvalue weighted by Gasteiger charge is -2.58. The fourth-order valence-corrected chi connectivity index (χ4v) is 6.78. The summed E-state index contributed by atoms with van der Waals surface area (Å²) >= 11 is 0. The Morgan fingerprint density at radius 1 is 1.18 bits per heavy atom. The predicted octanol–water partition coefficient (Wildman–Crippen LogP) is 3.62. The molecule has 4 aliphatic carbocycles. The van der Waals surface area contributed by atoms with Crippen molar-refractivity contribution in [3.05, 3.63) is 11.8 Å². The molecule has 0 saturated heterocycles. The Balaban J connectivity index is 1.71. The molecule has 3 saturated carbocycles. The van der Waals surface area contributed by atoms with Gasteiger partial charge in [0.25, 0.3) is 0 Å². The number of hydrogen-bond acceptors (Lipinski definition) is 3. The molecular weight excluding hydrogens is 276 g/mol. The summed E-state index contributed by atoms with van der Waals surface area (Å²) in [4.78, 5) is 11.8. The van der Waals surface area contributed by atoms with Crippen molar-refractivity contribution in [2.24, 2.45) is 34.5 Å². The molecule has 4 aliphatic rings. The molecular formula is C19H28O3. The van der Waals surface area contributed by atoms with E-state index < -0.39 is 0 Å². The topological polar surface area (TPSA) is 57.5 Å². The van der Waals surface area contributed by atoms with E-state index >= 15 is 0 Å². The van der Waals surface area contributed by atoms with E-state index in [4.69, 9.17) is 0 Å². The first-order valence-electron chi connectivity index (χ1n) is 8.96. The van der Waals surface area contributed by atoms with Gasteiger partial charge in [-0.1, -0.05) is 13.8 Å². The molecule has 7 atom stereocenters. The van der Waals surface area contributed by atoms with Crippen molar-refractivity contribution >= 4 is 5.78 Å². The van der Waals surface area contributed by atoms with Crippen LogP contribution in [-0.4, -0.2) is 22.1 Å². The van der Waals surface area contributed by atoms with Crippen LogP contribution in [0.15, 0.2) is 11.8 Å². The van der Waals surface area contributed by atoms with E-state index in [1.54, 1.807) is 0 Å². The summed E-state index contributed by atoms with van der Waals surface area (Å²) in [7, 11) is 0. The number of allylic oxidation sites excluding steroid dienone is 2. The van der Waals surface area contributed by atoms with Crippen LogP contribution in [0.3, 0.4) is 0 Å². The molecule has 0 aromatic carbocycles. The van der Waals surface area contributed by atoms with Crippen molar-refractivity contribution in [2.45, 2.75) is 64.9 Å². The zero-order valence-electron chi connectivity index (χ0n) is 13.7. The minimum Gasteiger partial charge on any atom is -0.512 e. The third-order valence-electron chi connectivity index (χ3n) is 7.95. The SMILES string of the molecule is CC12CCC3C(CCC4CC(=O)C=C(O)C43C)C1CC(O)C2. The van der Waals surface area contributed by atoms with E-state index in [-0.39, 0.29) is 22.7 Å². The number of ketones is 1. The molecule has 0 radical (unpaired) electrons. The minimum atomic E-state index is -0.217. The van der Waals surface area contributed by atoms with Crippen LogP contribution in [0.5, 0.6) is 0 Å². The van der Waals surface area contributed by atoms with E-state index in [2.05, 4.69) is 13.8 Å².